The largest absolute Gasteiger partial charge is 0.471 e. The molecule has 2 aliphatic heterocycles. The highest BCUT2D eigenvalue weighted by molar-refractivity contribution is 6.07. The molecule has 2 fully saturated rings. The Morgan fingerprint density at radius 1 is 1.18 bits per heavy atom. The Kier molecular flexibility index (Phi) is 7.40. The number of para-hydroxylation sites is 1. The second-order valence-electron chi connectivity index (χ2n) is 11.7. The number of halogens is 3. The molecule has 4 atom stereocenters. The molecule has 3 N–H and O–H groups in total. The molecule has 1 spiro atoms. The number of anilines is 1. The molecule has 0 aromatic heterocycles. The first kappa shape index (κ1) is 28.4. The van der Waals surface area contributed by atoms with E-state index >= 15 is 0 Å². The average Bonchev–Trinajstić information content (AvgIpc) is 3.35. The minimum atomic E-state index is -5.18. The lowest BCUT2D eigenvalue weighted by atomic mass is 9.80. The highest BCUT2D eigenvalue weighted by Crippen LogP contribution is 2.47. The van der Waals surface area contributed by atoms with E-state index in [1.54, 1.807) is 29.6 Å². The Hall–Kier alpha value is -3.62. The molecule has 1 aromatic rings. The molecule has 1 saturated heterocycles. The maximum absolute atomic E-state index is 13.9. The van der Waals surface area contributed by atoms with Crippen LogP contribution in [0.1, 0.15) is 58.4 Å². The Morgan fingerprint density at radius 3 is 2.41 bits per heavy atom. The van der Waals surface area contributed by atoms with Gasteiger partial charge in [0.1, 0.15) is 17.5 Å². The standard InChI is InChI=1S/C27H32F3N5O4/c1-25(2,3)20(34-24(39)27(28,29)30)21(36)32-18(12-15-8-7-9-15)22(37)35-14-26(13-19(35)31-4)16-10-5-6-11-17(16)33-23(26)38/h4-6,10-11,15,18-20H,7-9,12-14H2,1-3H3,(H2-,32,33,34,36,38,39)/p+1/t18-,19-,20+,26-/m0/s1. The minimum Gasteiger partial charge on any atom is -0.342 e. The molecule has 2 heterocycles. The lowest BCUT2D eigenvalue weighted by Gasteiger charge is -2.35. The SMILES string of the molecule is C#[N+][C@@H]1C[C@@]2(CN1C(=O)[C@H](CC1CCC1)NC(=O)[C@@H](NC(=O)C(F)(F)F)C(C)(C)C)C(=O)Nc1ccccc12. The van der Waals surface area contributed by atoms with Crippen LogP contribution in [0.4, 0.5) is 18.9 Å². The number of hydrogen-bond donors (Lipinski definition) is 3. The maximum Gasteiger partial charge on any atom is 0.471 e. The van der Waals surface area contributed by atoms with Gasteiger partial charge in [0.05, 0.1) is 6.42 Å². The van der Waals surface area contributed by atoms with E-state index in [4.69, 9.17) is 6.57 Å². The van der Waals surface area contributed by atoms with E-state index in [1.807, 2.05) is 0 Å². The number of nitrogens with one attached hydrogen (secondary N) is 3. The van der Waals surface area contributed by atoms with Gasteiger partial charge in [-0.05, 0) is 29.4 Å². The van der Waals surface area contributed by atoms with Gasteiger partial charge in [0.15, 0.2) is 0 Å². The van der Waals surface area contributed by atoms with Crippen molar-refractivity contribution in [2.45, 2.75) is 82.7 Å². The fourth-order valence-electron chi connectivity index (χ4n) is 5.60. The molecule has 12 heteroatoms. The van der Waals surface area contributed by atoms with Gasteiger partial charge in [-0.25, -0.2) is 0 Å². The Labute approximate surface area is 224 Å². The van der Waals surface area contributed by atoms with E-state index in [2.05, 4.69) is 15.5 Å². The Bertz CT molecular complexity index is 1220. The topological polar surface area (TPSA) is 112 Å². The van der Waals surface area contributed by atoms with Crippen molar-refractivity contribution in [2.24, 2.45) is 11.3 Å². The van der Waals surface area contributed by atoms with Crippen LogP contribution in [0.15, 0.2) is 24.3 Å². The van der Waals surface area contributed by atoms with Crippen molar-refractivity contribution >= 4 is 29.3 Å². The van der Waals surface area contributed by atoms with Crippen LogP contribution >= 0.6 is 0 Å². The maximum atomic E-state index is 13.9. The van der Waals surface area contributed by atoms with Gasteiger partial charge in [-0.1, -0.05) is 63.1 Å². The monoisotopic (exact) mass is 548 g/mol. The van der Waals surface area contributed by atoms with Crippen molar-refractivity contribution in [1.29, 1.82) is 0 Å². The number of amides is 4. The molecule has 1 aliphatic carbocycles. The predicted octanol–water partition coefficient (Wildman–Crippen LogP) is 3.17. The highest BCUT2D eigenvalue weighted by atomic mass is 19.4. The summed E-state index contributed by atoms with van der Waals surface area (Å²) in [6, 6.07) is 4.49. The second-order valence-corrected chi connectivity index (χ2v) is 11.7. The highest BCUT2D eigenvalue weighted by Gasteiger charge is 2.60. The molecule has 1 saturated carbocycles. The van der Waals surface area contributed by atoms with E-state index in [0.29, 0.717) is 5.69 Å². The summed E-state index contributed by atoms with van der Waals surface area (Å²) in [4.78, 5) is 57.3. The minimum absolute atomic E-state index is 0.0232. The van der Waals surface area contributed by atoms with Crippen molar-refractivity contribution in [3.8, 4) is 6.57 Å². The van der Waals surface area contributed by atoms with Crippen molar-refractivity contribution in [3.63, 3.8) is 0 Å². The van der Waals surface area contributed by atoms with Crippen LogP contribution in [0.25, 0.3) is 4.85 Å². The number of carbonyl (C=O) groups is 4. The molecular weight excluding hydrogens is 515 g/mol. The summed E-state index contributed by atoms with van der Waals surface area (Å²) >= 11 is 0. The molecule has 4 rings (SSSR count). The van der Waals surface area contributed by atoms with Gasteiger partial charge in [0, 0.05) is 12.2 Å². The molecule has 3 aliphatic rings. The predicted molar refractivity (Wildman–Crippen MR) is 137 cm³/mol. The summed E-state index contributed by atoms with van der Waals surface area (Å²) in [5, 5.41) is 7.24. The Morgan fingerprint density at radius 2 is 1.85 bits per heavy atom. The van der Waals surface area contributed by atoms with Crippen molar-refractivity contribution in [3.05, 3.63) is 34.7 Å². The van der Waals surface area contributed by atoms with E-state index in [-0.39, 0.29) is 31.2 Å². The zero-order valence-electron chi connectivity index (χ0n) is 22.1. The van der Waals surface area contributed by atoms with Crippen LogP contribution in [0.2, 0.25) is 0 Å². The quantitative estimate of drug-likeness (QED) is 0.507. The third-order valence-corrected chi connectivity index (χ3v) is 7.98. The summed E-state index contributed by atoms with van der Waals surface area (Å²) in [5.41, 5.74) is -0.797. The van der Waals surface area contributed by atoms with Crippen LogP contribution in [0.5, 0.6) is 0 Å². The van der Waals surface area contributed by atoms with Gasteiger partial charge in [-0.3, -0.25) is 24.1 Å². The zero-order chi connectivity index (χ0) is 28.8. The van der Waals surface area contributed by atoms with E-state index in [1.165, 1.54) is 25.7 Å². The van der Waals surface area contributed by atoms with Crippen LogP contribution < -0.4 is 16.0 Å². The van der Waals surface area contributed by atoms with Crippen LogP contribution in [-0.2, 0) is 24.6 Å². The Balaban J connectivity index is 1.60. The lowest BCUT2D eigenvalue weighted by molar-refractivity contribution is -0.175. The first-order valence-corrected chi connectivity index (χ1v) is 13.0. The molecule has 0 bridgehead atoms. The lowest BCUT2D eigenvalue weighted by Crippen LogP contribution is -2.60. The van der Waals surface area contributed by atoms with E-state index in [0.717, 1.165) is 24.8 Å². The number of benzene rings is 1. The van der Waals surface area contributed by atoms with Crippen LogP contribution in [0.3, 0.4) is 0 Å². The van der Waals surface area contributed by atoms with Gasteiger partial charge >= 0.3 is 18.2 Å². The first-order chi connectivity index (χ1) is 18.2. The average molecular weight is 549 g/mol. The number of rotatable bonds is 6. The zero-order valence-corrected chi connectivity index (χ0v) is 22.1. The molecule has 1 aromatic carbocycles. The van der Waals surface area contributed by atoms with Gasteiger partial charge < -0.3 is 16.0 Å². The number of alkyl halides is 3. The summed E-state index contributed by atoms with van der Waals surface area (Å²) in [6.07, 6.45) is -2.96. The molecule has 0 unspecified atom stereocenters. The van der Waals surface area contributed by atoms with Crippen LogP contribution in [-0.4, -0.2) is 59.5 Å². The molecule has 39 heavy (non-hydrogen) atoms. The van der Waals surface area contributed by atoms with Crippen molar-refractivity contribution in [2.75, 3.05) is 11.9 Å². The molecular formula is C27H33F3N5O4+. The number of hydrogen-bond acceptors (Lipinski definition) is 4. The number of fused-ring (bicyclic) bond motifs is 2. The van der Waals surface area contributed by atoms with Crippen molar-refractivity contribution in [1.82, 2.24) is 15.5 Å². The smallest absolute Gasteiger partial charge is 0.342 e. The third kappa shape index (κ3) is 5.44. The van der Waals surface area contributed by atoms with Gasteiger partial charge in [0.25, 0.3) is 12.5 Å². The summed E-state index contributed by atoms with van der Waals surface area (Å²) in [7, 11) is 0. The van der Waals surface area contributed by atoms with Crippen molar-refractivity contribution < 1.29 is 32.3 Å². The third-order valence-electron chi connectivity index (χ3n) is 7.98. The summed E-state index contributed by atoms with van der Waals surface area (Å²) < 4.78 is 39.0. The normalized spacial score (nSPS) is 24.3. The van der Waals surface area contributed by atoms with Gasteiger partial charge in [0.2, 0.25) is 11.8 Å². The van der Waals surface area contributed by atoms with Gasteiger partial charge in [-0.15, -0.1) is 0 Å². The number of nitrogens with zero attached hydrogens (tertiary/aromatic N) is 2. The van der Waals surface area contributed by atoms with Crippen LogP contribution in [0, 0.1) is 17.9 Å². The summed E-state index contributed by atoms with van der Waals surface area (Å²) in [6.45, 7) is 10.2. The van der Waals surface area contributed by atoms with E-state index in [9.17, 15) is 32.3 Å². The second kappa shape index (κ2) is 10.2. The number of carbonyl (C=O) groups excluding carboxylic acids is 4. The number of likely N-dealkylation sites (tertiary alicyclic amines) is 1. The van der Waals surface area contributed by atoms with E-state index < -0.39 is 53.0 Å². The first-order valence-electron chi connectivity index (χ1n) is 13.0. The molecule has 9 nitrogen and oxygen atoms in total. The fourth-order valence-corrected chi connectivity index (χ4v) is 5.60. The molecule has 0 radical (unpaired) electrons. The summed E-state index contributed by atoms with van der Waals surface area (Å²) in [5.74, 6) is -3.82. The molecule has 210 valence electrons. The fraction of sp³-hybridized carbons (Fsp3) is 0.593. The van der Waals surface area contributed by atoms with Gasteiger partial charge in [-0.2, -0.15) is 13.2 Å². The molecule has 4 amide bonds.